The normalized spacial score (nSPS) is 17.3. The van der Waals surface area contributed by atoms with Crippen molar-refractivity contribution in [3.8, 4) is 11.5 Å². The van der Waals surface area contributed by atoms with Gasteiger partial charge >= 0.3 is 0 Å². The summed E-state index contributed by atoms with van der Waals surface area (Å²) in [5.41, 5.74) is 0.908. The summed E-state index contributed by atoms with van der Waals surface area (Å²) in [5, 5.41) is 0.586. The summed E-state index contributed by atoms with van der Waals surface area (Å²) in [6.45, 7) is 4.69. The predicted octanol–water partition coefficient (Wildman–Crippen LogP) is 4.60. The largest absolute Gasteiger partial charge is 0.457 e. The first-order valence-corrected chi connectivity index (χ1v) is 9.00. The van der Waals surface area contributed by atoms with Crippen LogP contribution in [0.2, 0.25) is 0 Å². The summed E-state index contributed by atoms with van der Waals surface area (Å²) in [7, 11) is 0. The van der Waals surface area contributed by atoms with Crippen LogP contribution in [-0.2, 0) is 4.79 Å². The van der Waals surface area contributed by atoms with Crippen LogP contribution in [0.5, 0.6) is 11.5 Å². The standard InChI is InChI=1S/C20H22N2O2S/c1-3-4-14-21-19(23)15(2)22(20(21)25)16-10-12-18(13-11-16)24-17-8-6-5-7-9-17/h5-13,15H,3-4,14H2,1-2H3. The van der Waals surface area contributed by atoms with E-state index >= 15 is 0 Å². The van der Waals surface area contributed by atoms with E-state index in [0.29, 0.717) is 11.7 Å². The van der Waals surface area contributed by atoms with Crippen molar-refractivity contribution in [2.75, 3.05) is 11.4 Å². The topological polar surface area (TPSA) is 32.8 Å². The molecule has 1 atom stereocenters. The van der Waals surface area contributed by atoms with Gasteiger partial charge in [0.2, 0.25) is 0 Å². The second-order valence-corrected chi connectivity index (χ2v) is 6.45. The van der Waals surface area contributed by atoms with Crippen molar-refractivity contribution in [1.29, 1.82) is 0 Å². The average molecular weight is 354 g/mol. The molecule has 0 bridgehead atoms. The molecule has 130 valence electrons. The van der Waals surface area contributed by atoms with Gasteiger partial charge in [0.1, 0.15) is 17.5 Å². The Kier molecular flexibility index (Phi) is 5.34. The lowest BCUT2D eigenvalue weighted by molar-refractivity contribution is -0.126. The van der Waals surface area contributed by atoms with E-state index < -0.39 is 0 Å². The second-order valence-electron chi connectivity index (χ2n) is 6.08. The number of carbonyl (C=O) groups excluding carboxylic acids is 1. The van der Waals surface area contributed by atoms with E-state index in [-0.39, 0.29) is 11.9 Å². The summed E-state index contributed by atoms with van der Waals surface area (Å²) in [4.78, 5) is 16.1. The highest BCUT2D eigenvalue weighted by Gasteiger charge is 2.39. The maximum atomic E-state index is 12.5. The average Bonchev–Trinajstić information content (AvgIpc) is 2.84. The van der Waals surface area contributed by atoms with Gasteiger partial charge in [-0.2, -0.15) is 0 Å². The minimum absolute atomic E-state index is 0.0723. The SMILES string of the molecule is CCCCN1C(=O)C(C)N(c2ccc(Oc3ccccc3)cc2)C1=S. The molecule has 0 radical (unpaired) electrons. The van der Waals surface area contributed by atoms with Crippen LogP contribution in [-0.4, -0.2) is 28.5 Å². The van der Waals surface area contributed by atoms with Gasteiger partial charge in [-0.05, 0) is 62.0 Å². The number of anilines is 1. The van der Waals surface area contributed by atoms with Gasteiger partial charge < -0.3 is 9.64 Å². The van der Waals surface area contributed by atoms with Crippen molar-refractivity contribution in [3.05, 3.63) is 54.6 Å². The Morgan fingerprint density at radius 3 is 2.32 bits per heavy atom. The Morgan fingerprint density at radius 2 is 1.68 bits per heavy atom. The fraction of sp³-hybridized carbons (Fsp3) is 0.300. The lowest BCUT2D eigenvalue weighted by Crippen LogP contribution is -2.34. The molecule has 3 rings (SSSR count). The van der Waals surface area contributed by atoms with Gasteiger partial charge in [0.15, 0.2) is 5.11 Å². The van der Waals surface area contributed by atoms with Crippen LogP contribution >= 0.6 is 12.2 Å². The molecule has 0 aliphatic carbocycles. The van der Waals surface area contributed by atoms with Gasteiger partial charge in [-0.1, -0.05) is 31.5 Å². The lowest BCUT2D eigenvalue weighted by Gasteiger charge is -2.22. The van der Waals surface area contributed by atoms with E-state index in [9.17, 15) is 4.79 Å². The summed E-state index contributed by atoms with van der Waals surface area (Å²) >= 11 is 5.55. The highest BCUT2D eigenvalue weighted by Crippen LogP contribution is 2.29. The fourth-order valence-corrected chi connectivity index (χ4v) is 3.33. The highest BCUT2D eigenvalue weighted by molar-refractivity contribution is 7.80. The molecule has 1 aliphatic rings. The van der Waals surface area contributed by atoms with Crippen LogP contribution in [0.1, 0.15) is 26.7 Å². The van der Waals surface area contributed by atoms with E-state index in [1.807, 2.05) is 66.4 Å². The maximum Gasteiger partial charge on any atom is 0.251 e. The molecule has 1 heterocycles. The number of hydrogen-bond donors (Lipinski definition) is 0. The second kappa shape index (κ2) is 7.66. The van der Waals surface area contributed by atoms with E-state index in [4.69, 9.17) is 17.0 Å². The van der Waals surface area contributed by atoms with Gasteiger partial charge in [-0.25, -0.2) is 0 Å². The number of rotatable bonds is 6. The Balaban J connectivity index is 1.75. The van der Waals surface area contributed by atoms with E-state index in [1.165, 1.54) is 0 Å². The van der Waals surface area contributed by atoms with Crippen LogP contribution in [0.25, 0.3) is 0 Å². The molecule has 0 saturated carbocycles. The Bertz CT molecular complexity index is 746. The third kappa shape index (κ3) is 3.66. The lowest BCUT2D eigenvalue weighted by atomic mass is 10.2. The minimum atomic E-state index is -0.273. The van der Waals surface area contributed by atoms with Crippen LogP contribution in [0.3, 0.4) is 0 Å². The molecular formula is C20H22N2O2S. The predicted molar refractivity (Wildman–Crippen MR) is 104 cm³/mol. The van der Waals surface area contributed by atoms with Crippen molar-refractivity contribution >= 4 is 28.9 Å². The molecule has 1 aliphatic heterocycles. The molecule has 0 aromatic heterocycles. The molecule has 1 saturated heterocycles. The van der Waals surface area contributed by atoms with Crippen molar-refractivity contribution in [2.24, 2.45) is 0 Å². The summed E-state index contributed by atoms with van der Waals surface area (Å²) < 4.78 is 5.82. The zero-order valence-corrected chi connectivity index (χ0v) is 15.3. The fourth-order valence-electron chi connectivity index (χ4n) is 2.88. The summed E-state index contributed by atoms with van der Waals surface area (Å²) in [6, 6.07) is 17.1. The van der Waals surface area contributed by atoms with Crippen LogP contribution in [0.15, 0.2) is 54.6 Å². The zero-order chi connectivity index (χ0) is 17.8. The molecular weight excluding hydrogens is 332 g/mol. The molecule has 4 nitrogen and oxygen atoms in total. The first-order chi connectivity index (χ1) is 12.1. The summed E-state index contributed by atoms with van der Waals surface area (Å²) in [5.74, 6) is 1.62. The van der Waals surface area contributed by atoms with Gasteiger partial charge in [0, 0.05) is 12.2 Å². The Morgan fingerprint density at radius 1 is 1.04 bits per heavy atom. The highest BCUT2D eigenvalue weighted by atomic mass is 32.1. The molecule has 1 unspecified atom stereocenters. The molecule has 0 N–H and O–H groups in total. The number of carbonyl (C=O) groups is 1. The molecule has 0 spiro atoms. The first-order valence-electron chi connectivity index (χ1n) is 8.59. The zero-order valence-electron chi connectivity index (χ0n) is 14.5. The third-order valence-electron chi connectivity index (χ3n) is 4.28. The van der Waals surface area contributed by atoms with E-state index in [1.54, 1.807) is 4.90 Å². The molecule has 1 amide bonds. The van der Waals surface area contributed by atoms with Gasteiger partial charge in [0.25, 0.3) is 5.91 Å². The number of benzene rings is 2. The van der Waals surface area contributed by atoms with Crippen molar-refractivity contribution in [3.63, 3.8) is 0 Å². The molecule has 5 heteroatoms. The summed E-state index contributed by atoms with van der Waals surface area (Å²) in [6.07, 6.45) is 1.99. The third-order valence-corrected chi connectivity index (χ3v) is 4.69. The van der Waals surface area contributed by atoms with Crippen LogP contribution < -0.4 is 9.64 Å². The first kappa shape index (κ1) is 17.4. The van der Waals surface area contributed by atoms with Crippen LogP contribution in [0.4, 0.5) is 5.69 Å². The number of para-hydroxylation sites is 1. The Labute approximate surface area is 154 Å². The van der Waals surface area contributed by atoms with Crippen LogP contribution in [0, 0.1) is 0 Å². The van der Waals surface area contributed by atoms with Gasteiger partial charge in [-0.15, -0.1) is 0 Å². The van der Waals surface area contributed by atoms with Crippen molar-refractivity contribution in [2.45, 2.75) is 32.7 Å². The number of amides is 1. The number of hydrogen-bond acceptors (Lipinski definition) is 3. The monoisotopic (exact) mass is 354 g/mol. The number of ether oxygens (including phenoxy) is 1. The maximum absolute atomic E-state index is 12.5. The number of unbranched alkanes of at least 4 members (excludes halogenated alkanes) is 1. The molecule has 2 aromatic rings. The smallest absolute Gasteiger partial charge is 0.251 e. The van der Waals surface area contributed by atoms with Crippen molar-refractivity contribution in [1.82, 2.24) is 4.90 Å². The van der Waals surface area contributed by atoms with Crippen molar-refractivity contribution < 1.29 is 9.53 Å². The van der Waals surface area contributed by atoms with E-state index in [0.717, 1.165) is 30.0 Å². The number of nitrogens with zero attached hydrogens (tertiary/aromatic N) is 2. The molecule has 25 heavy (non-hydrogen) atoms. The molecule has 1 fully saturated rings. The van der Waals surface area contributed by atoms with E-state index in [2.05, 4.69) is 6.92 Å². The van der Waals surface area contributed by atoms with Gasteiger partial charge in [0.05, 0.1) is 0 Å². The molecule has 2 aromatic carbocycles. The quantitative estimate of drug-likeness (QED) is 0.710. The minimum Gasteiger partial charge on any atom is -0.457 e. The number of thiocarbonyl (C=S) groups is 1. The Hall–Kier alpha value is -2.40. The van der Waals surface area contributed by atoms with Gasteiger partial charge in [-0.3, -0.25) is 9.69 Å².